The lowest BCUT2D eigenvalue weighted by Gasteiger charge is -2.07. The second-order valence-corrected chi connectivity index (χ2v) is 3.99. The Labute approximate surface area is 98.7 Å². The highest BCUT2D eigenvalue weighted by Crippen LogP contribution is 1.94. The quantitative estimate of drug-likeness (QED) is 0.544. The highest BCUT2D eigenvalue weighted by atomic mass is 16.5. The van der Waals surface area contributed by atoms with Crippen LogP contribution in [0.15, 0.2) is 0 Å². The first-order valence-electron chi connectivity index (χ1n) is 6.07. The third-order valence-electron chi connectivity index (χ3n) is 2.15. The summed E-state index contributed by atoms with van der Waals surface area (Å²) in [6.45, 7) is 9.85. The SMILES string of the molecule is CCNCCCOCCOCC(=O)C(C)C. The average Bonchev–Trinajstić information content (AvgIpc) is 2.26. The zero-order valence-corrected chi connectivity index (χ0v) is 10.8. The van der Waals surface area contributed by atoms with Gasteiger partial charge in [-0.2, -0.15) is 0 Å². The Morgan fingerprint density at radius 1 is 1.19 bits per heavy atom. The van der Waals surface area contributed by atoms with Crippen molar-refractivity contribution in [2.45, 2.75) is 27.2 Å². The van der Waals surface area contributed by atoms with E-state index in [9.17, 15) is 4.79 Å². The summed E-state index contributed by atoms with van der Waals surface area (Å²) in [4.78, 5) is 11.2. The third kappa shape index (κ3) is 10.1. The molecule has 0 heterocycles. The lowest BCUT2D eigenvalue weighted by atomic mass is 10.1. The maximum atomic E-state index is 11.2. The first kappa shape index (κ1) is 15.6. The summed E-state index contributed by atoms with van der Waals surface area (Å²) >= 11 is 0. The van der Waals surface area contributed by atoms with Gasteiger partial charge in [-0.1, -0.05) is 20.8 Å². The van der Waals surface area contributed by atoms with Crippen LogP contribution in [0.3, 0.4) is 0 Å². The van der Waals surface area contributed by atoms with Gasteiger partial charge in [0.1, 0.15) is 6.61 Å². The van der Waals surface area contributed by atoms with Crippen LogP contribution in [0.1, 0.15) is 27.2 Å². The van der Waals surface area contributed by atoms with Gasteiger partial charge in [0.05, 0.1) is 13.2 Å². The standard InChI is InChI=1S/C12H25NO3/c1-4-13-6-5-7-15-8-9-16-10-12(14)11(2)3/h11,13H,4-10H2,1-3H3. The molecule has 0 aromatic carbocycles. The van der Waals surface area contributed by atoms with Crippen LogP contribution in [0.25, 0.3) is 0 Å². The van der Waals surface area contributed by atoms with Crippen molar-refractivity contribution in [3.8, 4) is 0 Å². The molecule has 0 spiro atoms. The van der Waals surface area contributed by atoms with Crippen molar-refractivity contribution in [3.05, 3.63) is 0 Å². The zero-order chi connectivity index (χ0) is 12.2. The molecular weight excluding hydrogens is 206 g/mol. The summed E-state index contributed by atoms with van der Waals surface area (Å²) in [5.41, 5.74) is 0. The molecule has 0 aromatic heterocycles. The normalized spacial score (nSPS) is 11.0. The molecule has 0 atom stereocenters. The topological polar surface area (TPSA) is 47.6 Å². The number of nitrogens with one attached hydrogen (secondary N) is 1. The smallest absolute Gasteiger partial charge is 0.160 e. The molecule has 0 rings (SSSR count). The Kier molecular flexibility index (Phi) is 10.7. The van der Waals surface area contributed by atoms with Gasteiger partial charge in [0, 0.05) is 12.5 Å². The van der Waals surface area contributed by atoms with Crippen molar-refractivity contribution in [2.75, 3.05) is 39.5 Å². The summed E-state index contributed by atoms with van der Waals surface area (Å²) in [6, 6.07) is 0. The van der Waals surface area contributed by atoms with Crippen LogP contribution in [-0.2, 0) is 14.3 Å². The average molecular weight is 231 g/mol. The van der Waals surface area contributed by atoms with Crippen LogP contribution in [0.4, 0.5) is 0 Å². The molecular formula is C12H25NO3. The number of carbonyl (C=O) groups excluding carboxylic acids is 1. The maximum absolute atomic E-state index is 11.2. The molecule has 0 fully saturated rings. The predicted octanol–water partition coefficient (Wildman–Crippen LogP) is 1.24. The predicted molar refractivity (Wildman–Crippen MR) is 64.6 cm³/mol. The monoisotopic (exact) mass is 231 g/mol. The van der Waals surface area contributed by atoms with Gasteiger partial charge in [0.2, 0.25) is 0 Å². The second kappa shape index (κ2) is 11.0. The Morgan fingerprint density at radius 3 is 2.50 bits per heavy atom. The van der Waals surface area contributed by atoms with Crippen molar-refractivity contribution in [1.29, 1.82) is 0 Å². The molecule has 0 radical (unpaired) electrons. The molecule has 4 nitrogen and oxygen atoms in total. The molecule has 0 amide bonds. The van der Waals surface area contributed by atoms with Crippen molar-refractivity contribution in [1.82, 2.24) is 5.32 Å². The van der Waals surface area contributed by atoms with Gasteiger partial charge in [0.15, 0.2) is 5.78 Å². The van der Waals surface area contributed by atoms with E-state index in [0.29, 0.717) is 13.2 Å². The van der Waals surface area contributed by atoms with Crippen LogP contribution >= 0.6 is 0 Å². The molecule has 96 valence electrons. The van der Waals surface area contributed by atoms with E-state index in [2.05, 4.69) is 12.2 Å². The molecule has 1 N–H and O–H groups in total. The fourth-order valence-electron chi connectivity index (χ4n) is 1.04. The highest BCUT2D eigenvalue weighted by Gasteiger charge is 2.06. The Hall–Kier alpha value is -0.450. The minimum atomic E-state index is 0.0565. The Morgan fingerprint density at radius 2 is 1.88 bits per heavy atom. The molecule has 0 bridgehead atoms. The zero-order valence-electron chi connectivity index (χ0n) is 10.8. The molecule has 16 heavy (non-hydrogen) atoms. The van der Waals surface area contributed by atoms with E-state index in [1.165, 1.54) is 0 Å². The molecule has 0 saturated carbocycles. The molecule has 0 aliphatic carbocycles. The summed E-state index contributed by atoms with van der Waals surface area (Å²) in [5, 5.41) is 3.22. The summed E-state index contributed by atoms with van der Waals surface area (Å²) in [6.07, 6.45) is 1.01. The van der Waals surface area contributed by atoms with Crippen LogP contribution in [0.5, 0.6) is 0 Å². The second-order valence-electron chi connectivity index (χ2n) is 3.99. The van der Waals surface area contributed by atoms with E-state index in [1.54, 1.807) is 0 Å². The number of hydrogen-bond donors (Lipinski definition) is 1. The number of hydrogen-bond acceptors (Lipinski definition) is 4. The Balaban J connectivity index is 3.07. The van der Waals surface area contributed by atoms with Gasteiger partial charge in [-0.15, -0.1) is 0 Å². The first-order valence-corrected chi connectivity index (χ1v) is 6.07. The van der Waals surface area contributed by atoms with Crippen molar-refractivity contribution in [2.24, 2.45) is 5.92 Å². The first-order chi connectivity index (χ1) is 7.68. The number of carbonyl (C=O) groups is 1. The fourth-order valence-corrected chi connectivity index (χ4v) is 1.04. The lowest BCUT2D eigenvalue weighted by Crippen LogP contribution is -2.18. The fraction of sp³-hybridized carbons (Fsp3) is 0.917. The van der Waals surface area contributed by atoms with E-state index < -0.39 is 0 Å². The van der Waals surface area contributed by atoms with Crippen molar-refractivity contribution >= 4 is 5.78 Å². The molecule has 0 aliphatic rings. The van der Waals surface area contributed by atoms with Crippen LogP contribution in [0.2, 0.25) is 0 Å². The Bertz CT molecular complexity index is 172. The van der Waals surface area contributed by atoms with E-state index >= 15 is 0 Å². The summed E-state index contributed by atoms with van der Waals surface area (Å²) in [5.74, 6) is 0.202. The minimum Gasteiger partial charge on any atom is -0.379 e. The van der Waals surface area contributed by atoms with E-state index in [1.807, 2.05) is 13.8 Å². The van der Waals surface area contributed by atoms with Gasteiger partial charge in [-0.25, -0.2) is 0 Å². The van der Waals surface area contributed by atoms with Crippen molar-refractivity contribution in [3.63, 3.8) is 0 Å². The minimum absolute atomic E-state index is 0.0565. The molecule has 0 aliphatic heterocycles. The van der Waals surface area contributed by atoms with Gasteiger partial charge >= 0.3 is 0 Å². The molecule has 0 unspecified atom stereocenters. The molecule has 0 aromatic rings. The van der Waals surface area contributed by atoms with Gasteiger partial charge in [-0.05, 0) is 19.5 Å². The van der Waals surface area contributed by atoms with E-state index in [4.69, 9.17) is 9.47 Å². The van der Waals surface area contributed by atoms with Gasteiger partial charge < -0.3 is 14.8 Å². The van der Waals surface area contributed by atoms with Crippen LogP contribution in [-0.4, -0.2) is 45.3 Å². The number of ketones is 1. The van der Waals surface area contributed by atoms with Crippen LogP contribution in [0, 0.1) is 5.92 Å². The largest absolute Gasteiger partial charge is 0.379 e. The van der Waals surface area contributed by atoms with E-state index in [0.717, 1.165) is 26.1 Å². The van der Waals surface area contributed by atoms with Gasteiger partial charge in [0.25, 0.3) is 0 Å². The van der Waals surface area contributed by atoms with E-state index in [-0.39, 0.29) is 18.3 Å². The number of rotatable bonds is 11. The van der Waals surface area contributed by atoms with Gasteiger partial charge in [-0.3, -0.25) is 4.79 Å². The highest BCUT2D eigenvalue weighted by molar-refractivity contribution is 5.81. The number of ether oxygens (including phenoxy) is 2. The summed E-state index contributed by atoms with van der Waals surface area (Å²) in [7, 11) is 0. The van der Waals surface area contributed by atoms with Crippen molar-refractivity contribution < 1.29 is 14.3 Å². The maximum Gasteiger partial charge on any atom is 0.160 e. The van der Waals surface area contributed by atoms with Crippen LogP contribution < -0.4 is 5.32 Å². The summed E-state index contributed by atoms with van der Waals surface area (Å²) < 4.78 is 10.5. The third-order valence-corrected chi connectivity index (χ3v) is 2.15. The lowest BCUT2D eigenvalue weighted by molar-refractivity contribution is -0.127. The molecule has 0 saturated heterocycles. The molecule has 4 heteroatoms. The number of Topliss-reactive ketones (excluding diaryl/α,β-unsaturated/α-hetero) is 1.